The highest BCUT2D eigenvalue weighted by atomic mass is 35.5. The summed E-state index contributed by atoms with van der Waals surface area (Å²) in [5.41, 5.74) is 1.05. The highest BCUT2D eigenvalue weighted by Crippen LogP contribution is 2.12. The van der Waals surface area contributed by atoms with Crippen molar-refractivity contribution in [2.24, 2.45) is 0 Å². The number of hydrogen-bond donors (Lipinski definition) is 1. The molecule has 0 radical (unpaired) electrons. The molecule has 0 unspecified atom stereocenters. The molecule has 0 atom stereocenters. The van der Waals surface area contributed by atoms with Crippen LogP contribution >= 0.6 is 35.6 Å². The van der Waals surface area contributed by atoms with Crippen LogP contribution in [-0.4, -0.2) is 12.4 Å². The van der Waals surface area contributed by atoms with Crippen LogP contribution in [-0.2, 0) is 0 Å². The van der Waals surface area contributed by atoms with Crippen LogP contribution in [0.5, 0.6) is 0 Å². The Hall–Kier alpha value is -0.110. The average Bonchev–Trinajstić information content (AvgIpc) is 2.04. The molecule has 68 valence electrons. The van der Waals surface area contributed by atoms with Gasteiger partial charge in [0.25, 0.3) is 0 Å². The van der Waals surface area contributed by atoms with Gasteiger partial charge in [0.2, 0.25) is 0 Å². The molecule has 0 aliphatic heterocycles. The van der Waals surface area contributed by atoms with Crippen LogP contribution in [0.2, 0.25) is 5.02 Å². The third-order valence-electron chi connectivity index (χ3n) is 1.27. The molecule has 1 rings (SSSR count). The maximum Gasteiger partial charge on any atom is 0.0407 e. The molecule has 1 nitrogen and oxygen atoms in total. The predicted octanol–water partition coefficient (Wildman–Crippen LogP) is 3.41. The van der Waals surface area contributed by atoms with E-state index in [0.29, 0.717) is 5.88 Å². The minimum atomic E-state index is 0. The highest BCUT2D eigenvalue weighted by molar-refractivity contribution is 6.30. The molecule has 0 bridgehead atoms. The van der Waals surface area contributed by atoms with E-state index in [1.165, 1.54) is 0 Å². The van der Waals surface area contributed by atoms with E-state index in [4.69, 9.17) is 23.2 Å². The van der Waals surface area contributed by atoms with E-state index in [9.17, 15) is 0 Å². The largest absolute Gasteiger partial charge is 0.384 e. The maximum atomic E-state index is 5.69. The van der Waals surface area contributed by atoms with Gasteiger partial charge < -0.3 is 5.32 Å². The molecule has 0 fully saturated rings. The standard InChI is InChI=1S/C8H9Cl2N.ClH/c9-5-6-11-8-3-1-7(10)2-4-8;/h1-4,11H,5-6H2;1H. The Balaban J connectivity index is 0.00000121. The molecule has 0 spiro atoms. The van der Waals surface area contributed by atoms with Gasteiger partial charge in [-0.05, 0) is 24.3 Å². The first-order chi connectivity index (χ1) is 5.33. The Labute approximate surface area is 88.5 Å². The lowest BCUT2D eigenvalue weighted by atomic mass is 10.3. The summed E-state index contributed by atoms with van der Waals surface area (Å²) >= 11 is 11.2. The van der Waals surface area contributed by atoms with Crippen LogP contribution < -0.4 is 5.32 Å². The molecule has 12 heavy (non-hydrogen) atoms. The molecular weight excluding hydrogens is 216 g/mol. The second-order valence-corrected chi connectivity index (χ2v) is 2.94. The Morgan fingerprint density at radius 3 is 2.25 bits per heavy atom. The third kappa shape index (κ3) is 4.05. The van der Waals surface area contributed by atoms with Crippen molar-refractivity contribution in [2.75, 3.05) is 17.7 Å². The summed E-state index contributed by atoms with van der Waals surface area (Å²) in [6.45, 7) is 0.781. The lowest BCUT2D eigenvalue weighted by molar-refractivity contribution is 1.22. The summed E-state index contributed by atoms with van der Waals surface area (Å²) in [7, 11) is 0. The zero-order chi connectivity index (χ0) is 8.10. The van der Waals surface area contributed by atoms with Crippen molar-refractivity contribution in [3.8, 4) is 0 Å². The second-order valence-electron chi connectivity index (χ2n) is 2.12. The fraction of sp³-hybridized carbons (Fsp3) is 0.250. The van der Waals surface area contributed by atoms with Crippen LogP contribution in [0.25, 0.3) is 0 Å². The van der Waals surface area contributed by atoms with E-state index >= 15 is 0 Å². The topological polar surface area (TPSA) is 12.0 Å². The van der Waals surface area contributed by atoms with Gasteiger partial charge in [-0.1, -0.05) is 11.6 Å². The maximum absolute atomic E-state index is 5.69. The quantitative estimate of drug-likeness (QED) is 0.779. The minimum absolute atomic E-state index is 0. The summed E-state index contributed by atoms with van der Waals surface area (Å²) in [6, 6.07) is 7.54. The number of nitrogens with one attached hydrogen (secondary N) is 1. The van der Waals surface area contributed by atoms with E-state index in [1.807, 2.05) is 24.3 Å². The van der Waals surface area contributed by atoms with Gasteiger partial charge >= 0.3 is 0 Å². The number of rotatable bonds is 3. The molecular formula is C8H10Cl3N. The molecule has 0 amide bonds. The van der Waals surface area contributed by atoms with Crippen molar-refractivity contribution in [3.63, 3.8) is 0 Å². The molecule has 0 saturated heterocycles. The van der Waals surface area contributed by atoms with E-state index in [1.54, 1.807) is 0 Å². The van der Waals surface area contributed by atoms with Crippen molar-refractivity contribution in [3.05, 3.63) is 29.3 Å². The van der Waals surface area contributed by atoms with E-state index in [2.05, 4.69) is 5.32 Å². The molecule has 0 aromatic heterocycles. The van der Waals surface area contributed by atoms with Crippen molar-refractivity contribution in [2.45, 2.75) is 0 Å². The van der Waals surface area contributed by atoms with E-state index in [-0.39, 0.29) is 12.4 Å². The lowest BCUT2D eigenvalue weighted by Gasteiger charge is -2.02. The second kappa shape index (κ2) is 6.41. The molecule has 1 aromatic rings. The first kappa shape index (κ1) is 11.9. The molecule has 1 N–H and O–H groups in total. The number of hydrogen-bond acceptors (Lipinski definition) is 1. The van der Waals surface area contributed by atoms with Gasteiger partial charge in [-0.2, -0.15) is 0 Å². The van der Waals surface area contributed by atoms with Crippen LogP contribution in [0, 0.1) is 0 Å². The predicted molar refractivity (Wildman–Crippen MR) is 57.9 cm³/mol. The van der Waals surface area contributed by atoms with Crippen LogP contribution in [0.15, 0.2) is 24.3 Å². The van der Waals surface area contributed by atoms with E-state index < -0.39 is 0 Å². The summed E-state index contributed by atoms with van der Waals surface area (Å²) in [4.78, 5) is 0. The highest BCUT2D eigenvalue weighted by Gasteiger charge is 1.89. The van der Waals surface area contributed by atoms with Gasteiger partial charge in [-0.3, -0.25) is 0 Å². The summed E-state index contributed by atoms with van der Waals surface area (Å²) in [5.74, 6) is 0.614. The fourth-order valence-electron chi connectivity index (χ4n) is 0.759. The lowest BCUT2D eigenvalue weighted by Crippen LogP contribution is -2.01. The SMILES string of the molecule is Cl.ClCCNc1ccc(Cl)cc1. The summed E-state index contributed by atoms with van der Waals surface area (Å²) in [5, 5.41) is 3.88. The zero-order valence-electron chi connectivity index (χ0n) is 6.39. The van der Waals surface area contributed by atoms with E-state index in [0.717, 1.165) is 17.3 Å². The monoisotopic (exact) mass is 225 g/mol. The molecule has 0 saturated carbocycles. The van der Waals surface area contributed by atoms with Crippen LogP contribution in [0.1, 0.15) is 0 Å². The molecule has 4 heteroatoms. The minimum Gasteiger partial charge on any atom is -0.384 e. The first-order valence-corrected chi connectivity index (χ1v) is 4.29. The van der Waals surface area contributed by atoms with Gasteiger partial charge in [0.15, 0.2) is 0 Å². The smallest absolute Gasteiger partial charge is 0.0407 e. The first-order valence-electron chi connectivity index (χ1n) is 3.38. The van der Waals surface area contributed by atoms with Crippen LogP contribution in [0.4, 0.5) is 5.69 Å². The van der Waals surface area contributed by atoms with Gasteiger partial charge in [0, 0.05) is 23.1 Å². The van der Waals surface area contributed by atoms with Gasteiger partial charge in [0.05, 0.1) is 0 Å². The van der Waals surface area contributed by atoms with Crippen molar-refractivity contribution in [1.82, 2.24) is 0 Å². The van der Waals surface area contributed by atoms with Crippen molar-refractivity contribution < 1.29 is 0 Å². The normalized spacial score (nSPS) is 8.83. The molecule has 0 heterocycles. The van der Waals surface area contributed by atoms with Crippen LogP contribution in [0.3, 0.4) is 0 Å². The molecule has 0 aliphatic carbocycles. The molecule has 1 aromatic carbocycles. The van der Waals surface area contributed by atoms with Gasteiger partial charge in [-0.15, -0.1) is 24.0 Å². The Kier molecular flexibility index (Phi) is 6.35. The van der Waals surface area contributed by atoms with Crippen molar-refractivity contribution in [1.29, 1.82) is 0 Å². The molecule has 0 aliphatic rings. The number of alkyl halides is 1. The Bertz CT molecular complexity index is 210. The third-order valence-corrected chi connectivity index (χ3v) is 1.71. The number of anilines is 1. The summed E-state index contributed by atoms with van der Waals surface area (Å²) in [6.07, 6.45) is 0. The van der Waals surface area contributed by atoms with Gasteiger partial charge in [-0.25, -0.2) is 0 Å². The average molecular weight is 227 g/mol. The van der Waals surface area contributed by atoms with Crippen molar-refractivity contribution >= 4 is 41.3 Å². The zero-order valence-corrected chi connectivity index (χ0v) is 8.72. The Morgan fingerprint density at radius 1 is 1.17 bits per heavy atom. The number of benzene rings is 1. The Morgan fingerprint density at radius 2 is 1.75 bits per heavy atom. The van der Waals surface area contributed by atoms with Gasteiger partial charge in [0.1, 0.15) is 0 Å². The summed E-state index contributed by atoms with van der Waals surface area (Å²) < 4.78 is 0. The number of halogens is 3. The fourth-order valence-corrected chi connectivity index (χ4v) is 0.980.